The maximum atomic E-state index is 5.63. The monoisotopic (exact) mass is 492 g/mol. The van der Waals surface area contributed by atoms with E-state index in [1.807, 2.05) is 42.5 Å². The summed E-state index contributed by atoms with van der Waals surface area (Å²) in [6.07, 6.45) is 0. The van der Waals surface area contributed by atoms with Crippen LogP contribution in [0.3, 0.4) is 0 Å². The topological polar surface area (TPSA) is 70.0 Å². The number of ether oxygens (including phenoxy) is 2. The SMILES string of the molecule is COc1ccc2nc3c(ccc4c3ccc3c5ccccc5c5nc6ccccc6nc5c34)nc2c1OC. The highest BCUT2D eigenvalue weighted by Crippen LogP contribution is 2.40. The Bertz CT molecular complexity index is 2280. The van der Waals surface area contributed by atoms with Crippen molar-refractivity contribution in [2.24, 2.45) is 0 Å². The van der Waals surface area contributed by atoms with Gasteiger partial charge < -0.3 is 9.47 Å². The Labute approximate surface area is 216 Å². The zero-order valence-corrected chi connectivity index (χ0v) is 20.7. The van der Waals surface area contributed by atoms with Crippen molar-refractivity contribution >= 4 is 76.5 Å². The maximum Gasteiger partial charge on any atom is 0.188 e. The molecule has 0 radical (unpaired) electrons. The van der Waals surface area contributed by atoms with Gasteiger partial charge in [0.2, 0.25) is 0 Å². The van der Waals surface area contributed by atoms with Crippen LogP contribution in [0.25, 0.3) is 76.5 Å². The highest BCUT2D eigenvalue weighted by molar-refractivity contribution is 6.31. The predicted octanol–water partition coefficient (Wildman–Crippen LogP) is 7.36. The van der Waals surface area contributed by atoms with Gasteiger partial charge in [-0.05, 0) is 46.5 Å². The van der Waals surface area contributed by atoms with Crippen LogP contribution in [0, 0.1) is 0 Å². The summed E-state index contributed by atoms with van der Waals surface area (Å²) in [5, 5.41) is 6.56. The zero-order valence-electron chi connectivity index (χ0n) is 20.7. The molecule has 180 valence electrons. The van der Waals surface area contributed by atoms with E-state index in [1.54, 1.807) is 14.2 Å². The van der Waals surface area contributed by atoms with Gasteiger partial charge in [0.15, 0.2) is 11.5 Å². The van der Waals surface area contributed by atoms with Crippen LogP contribution in [-0.4, -0.2) is 34.2 Å². The Morgan fingerprint density at radius 1 is 0.421 bits per heavy atom. The molecular formula is C32H20N4O2. The molecule has 0 aliphatic heterocycles. The van der Waals surface area contributed by atoms with E-state index in [1.165, 1.54) is 0 Å². The Balaban J connectivity index is 1.57. The fourth-order valence-electron chi connectivity index (χ4n) is 5.69. The number of aromatic nitrogens is 4. The second-order valence-electron chi connectivity index (χ2n) is 9.36. The van der Waals surface area contributed by atoms with Crippen LogP contribution in [0.15, 0.2) is 84.9 Å². The molecule has 0 unspecified atom stereocenters. The quantitative estimate of drug-likeness (QED) is 0.186. The molecule has 0 aliphatic rings. The lowest BCUT2D eigenvalue weighted by atomic mass is 9.94. The summed E-state index contributed by atoms with van der Waals surface area (Å²) in [5.41, 5.74) is 6.60. The van der Waals surface area contributed by atoms with Gasteiger partial charge in [0.05, 0.1) is 52.8 Å². The van der Waals surface area contributed by atoms with Crippen molar-refractivity contribution in [2.45, 2.75) is 0 Å². The van der Waals surface area contributed by atoms with E-state index in [0.717, 1.165) is 70.9 Å². The lowest BCUT2D eigenvalue weighted by Crippen LogP contribution is -1.96. The van der Waals surface area contributed by atoms with Crippen LogP contribution < -0.4 is 9.47 Å². The molecule has 2 heterocycles. The summed E-state index contributed by atoms with van der Waals surface area (Å²) in [6, 6.07) is 28.7. The summed E-state index contributed by atoms with van der Waals surface area (Å²) in [6.45, 7) is 0. The first-order valence-corrected chi connectivity index (χ1v) is 12.4. The molecule has 6 nitrogen and oxygen atoms in total. The highest BCUT2D eigenvalue weighted by atomic mass is 16.5. The second-order valence-corrected chi connectivity index (χ2v) is 9.36. The Morgan fingerprint density at radius 3 is 1.76 bits per heavy atom. The van der Waals surface area contributed by atoms with Gasteiger partial charge in [0, 0.05) is 16.2 Å². The Kier molecular flexibility index (Phi) is 4.26. The third-order valence-corrected chi connectivity index (χ3v) is 7.39. The van der Waals surface area contributed by atoms with Crippen LogP contribution >= 0.6 is 0 Å². The number of fused-ring (bicyclic) bond motifs is 12. The molecule has 38 heavy (non-hydrogen) atoms. The van der Waals surface area contributed by atoms with Gasteiger partial charge in [-0.25, -0.2) is 19.9 Å². The molecule has 0 saturated heterocycles. The number of hydrogen-bond acceptors (Lipinski definition) is 6. The lowest BCUT2D eigenvalue weighted by Gasteiger charge is -2.14. The standard InChI is InChI=1S/C32H20N4O2/c1-37-26-16-15-25-30(32(26)38-2)36-24-14-13-19-21(28(24)35-25)12-11-18-17-7-3-4-8-20(17)29-31(27(18)19)34-23-10-6-5-9-22(23)33-29/h3-16H,1-2H3. The first-order chi connectivity index (χ1) is 18.7. The van der Waals surface area contributed by atoms with Crippen molar-refractivity contribution in [3.8, 4) is 11.5 Å². The van der Waals surface area contributed by atoms with E-state index in [9.17, 15) is 0 Å². The van der Waals surface area contributed by atoms with Crippen LogP contribution in [0.1, 0.15) is 0 Å². The third-order valence-electron chi connectivity index (χ3n) is 7.39. The minimum Gasteiger partial charge on any atom is -0.493 e. The van der Waals surface area contributed by atoms with E-state index in [2.05, 4.69) is 42.5 Å². The van der Waals surface area contributed by atoms with Crippen molar-refractivity contribution in [3.63, 3.8) is 0 Å². The molecule has 6 aromatic carbocycles. The van der Waals surface area contributed by atoms with Gasteiger partial charge in [-0.1, -0.05) is 54.6 Å². The average Bonchev–Trinajstić information content (AvgIpc) is 2.98. The Morgan fingerprint density at radius 2 is 0.974 bits per heavy atom. The minimum absolute atomic E-state index is 0.581. The van der Waals surface area contributed by atoms with Gasteiger partial charge in [-0.2, -0.15) is 0 Å². The maximum absolute atomic E-state index is 5.63. The first-order valence-electron chi connectivity index (χ1n) is 12.4. The van der Waals surface area contributed by atoms with E-state index in [-0.39, 0.29) is 0 Å². The van der Waals surface area contributed by atoms with Crippen molar-refractivity contribution in [1.82, 2.24) is 19.9 Å². The van der Waals surface area contributed by atoms with Gasteiger partial charge in [-0.15, -0.1) is 0 Å². The summed E-state index contributed by atoms with van der Waals surface area (Å²) < 4.78 is 11.1. The third kappa shape index (κ3) is 2.77. The molecule has 6 heteroatoms. The number of benzene rings is 6. The molecule has 0 spiro atoms. The summed E-state index contributed by atoms with van der Waals surface area (Å²) in [7, 11) is 3.24. The molecule has 0 fully saturated rings. The van der Waals surface area contributed by atoms with E-state index < -0.39 is 0 Å². The van der Waals surface area contributed by atoms with Crippen LogP contribution in [-0.2, 0) is 0 Å². The van der Waals surface area contributed by atoms with Crippen molar-refractivity contribution in [2.75, 3.05) is 14.2 Å². The van der Waals surface area contributed by atoms with Gasteiger partial charge in [0.1, 0.15) is 5.52 Å². The van der Waals surface area contributed by atoms with Gasteiger partial charge in [0.25, 0.3) is 0 Å². The highest BCUT2D eigenvalue weighted by Gasteiger charge is 2.18. The molecule has 0 N–H and O–H groups in total. The molecule has 0 aliphatic carbocycles. The van der Waals surface area contributed by atoms with E-state index in [4.69, 9.17) is 29.4 Å². The van der Waals surface area contributed by atoms with Crippen LogP contribution in [0.4, 0.5) is 0 Å². The number of rotatable bonds is 2. The summed E-state index contributed by atoms with van der Waals surface area (Å²) >= 11 is 0. The normalized spacial score (nSPS) is 11.9. The molecule has 0 saturated carbocycles. The van der Waals surface area contributed by atoms with Crippen molar-refractivity contribution < 1.29 is 9.47 Å². The minimum atomic E-state index is 0.581. The molecule has 0 bridgehead atoms. The molecule has 8 aromatic rings. The molecule has 2 aromatic heterocycles. The fraction of sp³-hybridized carbons (Fsp3) is 0.0625. The zero-order chi connectivity index (χ0) is 25.4. The number of para-hydroxylation sites is 2. The van der Waals surface area contributed by atoms with E-state index in [0.29, 0.717) is 17.0 Å². The van der Waals surface area contributed by atoms with Gasteiger partial charge in [-0.3, -0.25) is 0 Å². The number of hydrogen-bond donors (Lipinski definition) is 0. The van der Waals surface area contributed by atoms with E-state index >= 15 is 0 Å². The van der Waals surface area contributed by atoms with Crippen molar-refractivity contribution in [1.29, 1.82) is 0 Å². The summed E-state index contributed by atoms with van der Waals surface area (Å²) in [5.74, 6) is 1.21. The first kappa shape index (κ1) is 21.0. The van der Waals surface area contributed by atoms with Crippen LogP contribution in [0.5, 0.6) is 11.5 Å². The smallest absolute Gasteiger partial charge is 0.188 e. The fourth-order valence-corrected chi connectivity index (χ4v) is 5.69. The molecular weight excluding hydrogens is 472 g/mol. The molecule has 8 rings (SSSR count). The van der Waals surface area contributed by atoms with Crippen LogP contribution in [0.2, 0.25) is 0 Å². The second kappa shape index (κ2) is 7.70. The lowest BCUT2D eigenvalue weighted by molar-refractivity contribution is 0.358. The Hall–Kier alpha value is -5.10. The predicted molar refractivity (Wildman–Crippen MR) is 153 cm³/mol. The average molecular weight is 493 g/mol. The number of methoxy groups -OCH3 is 2. The van der Waals surface area contributed by atoms with Crippen molar-refractivity contribution in [3.05, 3.63) is 84.9 Å². The number of nitrogens with zero attached hydrogens (tertiary/aromatic N) is 4. The largest absolute Gasteiger partial charge is 0.493 e. The molecule has 0 atom stereocenters. The summed E-state index contributed by atoms with van der Waals surface area (Å²) in [4.78, 5) is 20.2. The molecule has 0 amide bonds. The van der Waals surface area contributed by atoms with Gasteiger partial charge >= 0.3 is 0 Å².